The highest BCUT2D eigenvalue weighted by Gasteiger charge is 2.25. The number of phenolic OH excluding ortho intramolecular Hbond substituents is 1. The number of hydrogen-bond acceptors (Lipinski definition) is 20. The summed E-state index contributed by atoms with van der Waals surface area (Å²) in [5.74, 6) is -2.29. The molecule has 0 atom stereocenters. The van der Waals surface area contributed by atoms with Crippen LogP contribution >= 0.6 is 11.6 Å². The Morgan fingerprint density at radius 3 is 1.89 bits per heavy atom. The minimum atomic E-state index is -5.23. The van der Waals surface area contributed by atoms with Gasteiger partial charge in [-0.25, -0.2) is 12.6 Å². The molecule has 0 saturated carbocycles. The number of aromatic hydroxyl groups is 1. The molecule has 57 heavy (non-hydrogen) atoms. The van der Waals surface area contributed by atoms with Crippen LogP contribution in [-0.4, -0.2) is 92.7 Å². The number of anilines is 5. The lowest BCUT2D eigenvalue weighted by Crippen LogP contribution is -2.15. The number of nitrogens with one attached hydrogen (secondary N) is 2. The summed E-state index contributed by atoms with van der Waals surface area (Å²) < 4.78 is 161. The Balaban J connectivity index is 1.46. The van der Waals surface area contributed by atoms with Crippen molar-refractivity contribution in [1.29, 1.82) is 0 Å². The Hall–Kier alpha value is -5.21. The Bertz CT molecular complexity index is 3060. The van der Waals surface area contributed by atoms with Crippen LogP contribution in [0.1, 0.15) is 0 Å². The fraction of sp³-hybridized carbons (Fsp3) is 0.0741. The molecule has 4 aromatic carbocycles. The number of aromatic nitrogens is 3. The summed E-state index contributed by atoms with van der Waals surface area (Å²) in [4.78, 5) is 8.64. The van der Waals surface area contributed by atoms with E-state index in [-0.39, 0.29) is 33.6 Å². The summed E-state index contributed by atoms with van der Waals surface area (Å²) in [6.07, 6.45) is 0. The first-order valence-electron chi connectivity index (χ1n) is 14.7. The molecule has 5 aromatic rings. The molecule has 0 aliphatic carbocycles. The van der Waals surface area contributed by atoms with Crippen LogP contribution in [0.25, 0.3) is 10.8 Å². The molecule has 304 valence electrons. The van der Waals surface area contributed by atoms with Crippen LogP contribution in [0.2, 0.25) is 5.28 Å². The molecule has 9 N–H and O–H groups in total. The maximum absolute atomic E-state index is 12.6. The molecule has 1 heterocycles. The molecule has 24 nitrogen and oxygen atoms in total. The van der Waals surface area contributed by atoms with E-state index in [4.69, 9.17) is 21.9 Å². The van der Waals surface area contributed by atoms with Crippen molar-refractivity contribution in [2.24, 2.45) is 10.2 Å². The average molecular weight is 911 g/mol. The normalized spacial score (nSPS) is 12.9. The van der Waals surface area contributed by atoms with Gasteiger partial charge in [-0.1, -0.05) is 6.07 Å². The van der Waals surface area contributed by atoms with Gasteiger partial charge in [0.1, 0.15) is 26.9 Å². The Labute approximate surface area is 326 Å². The molecular weight excluding hydrogens is 888 g/mol. The number of nitrogen functional groups attached to an aromatic ring is 1. The van der Waals surface area contributed by atoms with Gasteiger partial charge in [0.25, 0.3) is 30.4 Å². The number of phenols is 1. The predicted molar refractivity (Wildman–Crippen MR) is 197 cm³/mol. The lowest BCUT2D eigenvalue weighted by Gasteiger charge is -2.12. The third-order valence-corrected chi connectivity index (χ3v) is 12.0. The first kappa shape index (κ1) is 42.9. The quantitative estimate of drug-likeness (QED) is 0.0450. The minimum absolute atomic E-state index is 0.0886. The Morgan fingerprint density at radius 2 is 1.32 bits per heavy atom. The van der Waals surface area contributed by atoms with Crippen molar-refractivity contribution in [2.75, 3.05) is 28.7 Å². The molecule has 0 unspecified atom stereocenters. The molecule has 0 radical (unpaired) electrons. The fourth-order valence-electron chi connectivity index (χ4n) is 4.78. The fourth-order valence-corrected chi connectivity index (χ4v) is 8.32. The third-order valence-electron chi connectivity index (χ3n) is 7.14. The SMILES string of the molecule is Nc1c(N=Nc2ccc(Nc3nc(Cl)nc(Nc4cccc(S(=O)(=O)CCOS(=O)(=O)O)c4)n3)cc2S(=O)(=O)O)c(S(=O)(=O)O)cc2cc(S(=O)(=O)O)cc(O)c12. The van der Waals surface area contributed by atoms with E-state index < -0.39 is 111 Å². The van der Waals surface area contributed by atoms with E-state index in [0.717, 1.165) is 30.3 Å². The molecule has 0 aliphatic rings. The summed E-state index contributed by atoms with van der Waals surface area (Å²) >= 11 is 6.03. The number of nitrogens with two attached hydrogens (primary N) is 1. The highest BCUT2D eigenvalue weighted by Crippen LogP contribution is 2.43. The summed E-state index contributed by atoms with van der Waals surface area (Å²) in [6, 6.07) is 9.94. The predicted octanol–water partition coefficient (Wildman–Crippen LogP) is 3.20. The maximum atomic E-state index is 12.6. The second kappa shape index (κ2) is 15.6. The Kier molecular flexibility index (Phi) is 11.8. The van der Waals surface area contributed by atoms with Gasteiger partial charge in [-0.3, -0.25) is 18.2 Å². The standard InChI is InChI=1S/C27H23ClN8O16S5/c28-25-32-26(30-14-2-1-3-16(10-14)53(38,39)7-6-52-57(49,50)51)34-27(33-25)31-15-4-5-18(20(11-15)55(43,44)45)35-36-24-21(56(46,47)48)9-13-8-17(54(40,41)42)12-19(37)22(13)23(24)29/h1-5,8-12,37H,6-7,29H2,(H,40,41,42)(H,43,44,45)(H,46,47,48)(H,49,50,51)(H2,30,31,32,33,34). The zero-order valence-electron chi connectivity index (χ0n) is 27.6. The van der Waals surface area contributed by atoms with Gasteiger partial charge >= 0.3 is 10.4 Å². The lowest BCUT2D eigenvalue weighted by atomic mass is 10.1. The van der Waals surface area contributed by atoms with Gasteiger partial charge in [-0.2, -0.15) is 48.6 Å². The first-order valence-corrected chi connectivity index (χ1v) is 22.4. The van der Waals surface area contributed by atoms with Gasteiger partial charge in [0.2, 0.25) is 17.2 Å². The monoisotopic (exact) mass is 910 g/mol. The number of rotatable bonds is 14. The van der Waals surface area contributed by atoms with E-state index in [1.54, 1.807) is 0 Å². The summed E-state index contributed by atoms with van der Waals surface area (Å²) in [5.41, 5.74) is 3.81. The van der Waals surface area contributed by atoms with Crippen LogP contribution in [-0.2, 0) is 54.8 Å². The Morgan fingerprint density at radius 1 is 0.702 bits per heavy atom. The maximum Gasteiger partial charge on any atom is 0.397 e. The van der Waals surface area contributed by atoms with Crippen molar-refractivity contribution >= 4 is 113 Å². The molecule has 0 aliphatic heterocycles. The summed E-state index contributed by atoms with van der Waals surface area (Å²) in [5, 5.41) is 21.9. The third kappa shape index (κ3) is 10.6. The number of nitrogens with zero attached hydrogens (tertiary/aromatic N) is 5. The van der Waals surface area contributed by atoms with Crippen molar-refractivity contribution in [2.45, 2.75) is 19.6 Å². The molecule has 1 aromatic heterocycles. The van der Waals surface area contributed by atoms with Crippen LogP contribution in [0.5, 0.6) is 5.75 Å². The molecular formula is C27H23ClN8O16S5. The van der Waals surface area contributed by atoms with E-state index in [1.165, 1.54) is 18.2 Å². The highest BCUT2D eigenvalue weighted by molar-refractivity contribution is 7.91. The van der Waals surface area contributed by atoms with Gasteiger partial charge in [0.05, 0.1) is 27.8 Å². The van der Waals surface area contributed by atoms with E-state index in [1.807, 2.05) is 0 Å². The largest absolute Gasteiger partial charge is 0.507 e. The molecule has 30 heteroatoms. The van der Waals surface area contributed by atoms with Gasteiger partial charge in [-0.05, 0) is 65.5 Å². The first-order chi connectivity index (χ1) is 26.2. The molecule has 0 saturated heterocycles. The number of azo groups is 1. The molecule has 0 bridgehead atoms. The van der Waals surface area contributed by atoms with Crippen LogP contribution in [0, 0.1) is 0 Å². The van der Waals surface area contributed by atoms with Gasteiger partial charge < -0.3 is 21.5 Å². The van der Waals surface area contributed by atoms with Crippen LogP contribution in [0.15, 0.2) is 90.5 Å². The van der Waals surface area contributed by atoms with E-state index in [9.17, 15) is 60.9 Å². The van der Waals surface area contributed by atoms with Crippen molar-refractivity contribution in [3.63, 3.8) is 0 Å². The van der Waals surface area contributed by atoms with Crippen LogP contribution in [0.3, 0.4) is 0 Å². The summed E-state index contributed by atoms with van der Waals surface area (Å²) in [6.45, 7) is -0.871. The molecule has 5 rings (SSSR count). The number of benzene rings is 4. The zero-order chi connectivity index (χ0) is 42.3. The second-order valence-corrected chi connectivity index (χ2v) is 18.8. The number of sulfone groups is 1. The molecule has 0 amide bonds. The van der Waals surface area contributed by atoms with Crippen LogP contribution < -0.4 is 16.4 Å². The smallest absolute Gasteiger partial charge is 0.397 e. The topological polar surface area (TPSA) is 395 Å². The van der Waals surface area contributed by atoms with Crippen LogP contribution in [0.4, 0.5) is 40.3 Å². The number of fused-ring (bicyclic) bond motifs is 1. The highest BCUT2D eigenvalue weighted by atomic mass is 35.5. The lowest BCUT2D eigenvalue weighted by molar-refractivity contribution is 0.284. The summed E-state index contributed by atoms with van der Waals surface area (Å²) in [7, 11) is -24.3. The van der Waals surface area contributed by atoms with E-state index in [0.29, 0.717) is 12.1 Å². The van der Waals surface area contributed by atoms with Gasteiger partial charge in [-0.15, -0.1) is 10.2 Å². The van der Waals surface area contributed by atoms with Crippen molar-refractivity contribution in [3.05, 3.63) is 65.9 Å². The van der Waals surface area contributed by atoms with E-state index in [2.05, 4.69) is 40.0 Å². The van der Waals surface area contributed by atoms with E-state index >= 15 is 0 Å². The number of halogens is 1. The molecule has 0 fully saturated rings. The van der Waals surface area contributed by atoms with Crippen molar-refractivity contribution < 1.29 is 69.6 Å². The molecule has 0 spiro atoms. The zero-order valence-corrected chi connectivity index (χ0v) is 32.5. The number of hydrogen-bond donors (Lipinski definition) is 8. The van der Waals surface area contributed by atoms with Crippen molar-refractivity contribution in [1.82, 2.24) is 15.0 Å². The van der Waals surface area contributed by atoms with Gasteiger partial charge in [0, 0.05) is 22.8 Å². The second-order valence-electron chi connectivity index (χ2n) is 11.1. The van der Waals surface area contributed by atoms with Crippen molar-refractivity contribution in [3.8, 4) is 5.75 Å². The minimum Gasteiger partial charge on any atom is -0.507 e. The van der Waals surface area contributed by atoms with Gasteiger partial charge in [0.15, 0.2) is 9.84 Å². The average Bonchev–Trinajstić information content (AvgIpc) is 3.06.